The number of hydrogen-bond donors (Lipinski definition) is 2. The lowest BCUT2D eigenvalue weighted by Gasteiger charge is -2.21. The number of ether oxygens (including phenoxy) is 2. The maximum atomic E-state index is 12.9. The zero-order valence-electron chi connectivity index (χ0n) is 17.0. The maximum Gasteiger partial charge on any atom is 0.252 e. The van der Waals surface area contributed by atoms with Gasteiger partial charge in [-0.25, -0.2) is 0 Å². The molecule has 0 spiro atoms. The van der Waals surface area contributed by atoms with E-state index >= 15 is 0 Å². The van der Waals surface area contributed by atoms with Crippen LogP contribution >= 0.6 is 0 Å². The molecule has 1 atom stereocenters. The highest BCUT2D eigenvalue weighted by molar-refractivity contribution is 6.01. The second kappa shape index (κ2) is 9.78. The molecule has 150 valence electrons. The Balaban J connectivity index is 2.17. The molecule has 0 fully saturated rings. The summed E-state index contributed by atoms with van der Waals surface area (Å²) in [5.74, 6) is 0.795. The summed E-state index contributed by atoms with van der Waals surface area (Å²) in [5.41, 5.74) is 2.00. The molecule has 2 aromatic rings. The highest BCUT2D eigenvalue weighted by atomic mass is 16.5. The Bertz CT molecular complexity index is 833. The molecule has 2 aromatic carbocycles. The first kappa shape index (κ1) is 21.3. The Morgan fingerprint density at radius 2 is 1.68 bits per heavy atom. The summed E-state index contributed by atoms with van der Waals surface area (Å²) in [5, 5.41) is 5.73. The van der Waals surface area contributed by atoms with Crippen molar-refractivity contribution < 1.29 is 19.1 Å². The van der Waals surface area contributed by atoms with Gasteiger partial charge in [0.15, 0.2) is 11.5 Å². The van der Waals surface area contributed by atoms with Crippen LogP contribution in [0.1, 0.15) is 36.2 Å². The van der Waals surface area contributed by atoms with Gasteiger partial charge in [-0.3, -0.25) is 9.59 Å². The van der Waals surface area contributed by atoms with Crippen LogP contribution in [0.25, 0.3) is 0 Å². The zero-order chi connectivity index (χ0) is 20.7. The molecule has 0 bridgehead atoms. The Labute approximate surface area is 166 Å². The zero-order valence-corrected chi connectivity index (χ0v) is 17.0. The van der Waals surface area contributed by atoms with Gasteiger partial charge in [0, 0.05) is 17.3 Å². The summed E-state index contributed by atoms with van der Waals surface area (Å²) >= 11 is 0. The summed E-state index contributed by atoms with van der Waals surface area (Å²) in [6, 6.07) is 11.8. The highest BCUT2D eigenvalue weighted by Crippen LogP contribution is 2.29. The van der Waals surface area contributed by atoms with Crippen molar-refractivity contribution in [3.05, 3.63) is 53.6 Å². The molecule has 1 unspecified atom stereocenters. The summed E-state index contributed by atoms with van der Waals surface area (Å²) in [4.78, 5) is 25.5. The van der Waals surface area contributed by atoms with Crippen molar-refractivity contribution in [2.24, 2.45) is 5.92 Å². The number of nitrogens with one attached hydrogen (secondary N) is 2. The molecule has 0 radical (unpaired) electrons. The number of hydrogen-bond acceptors (Lipinski definition) is 4. The van der Waals surface area contributed by atoms with E-state index in [2.05, 4.69) is 10.6 Å². The Kier molecular flexibility index (Phi) is 7.44. The van der Waals surface area contributed by atoms with E-state index in [1.165, 1.54) is 7.11 Å². The van der Waals surface area contributed by atoms with Gasteiger partial charge in [-0.1, -0.05) is 32.0 Å². The van der Waals surface area contributed by atoms with Crippen LogP contribution in [0.15, 0.2) is 42.5 Å². The third-order valence-corrected chi connectivity index (χ3v) is 4.37. The van der Waals surface area contributed by atoms with E-state index in [4.69, 9.17) is 9.47 Å². The minimum Gasteiger partial charge on any atom is -0.493 e. The van der Waals surface area contributed by atoms with E-state index in [0.717, 1.165) is 5.56 Å². The fraction of sp³-hybridized carbons (Fsp3) is 0.364. The van der Waals surface area contributed by atoms with Gasteiger partial charge >= 0.3 is 0 Å². The van der Waals surface area contributed by atoms with Gasteiger partial charge in [0.05, 0.1) is 14.2 Å². The normalized spacial score (nSPS) is 11.6. The predicted molar refractivity (Wildman–Crippen MR) is 110 cm³/mol. The van der Waals surface area contributed by atoms with Crippen molar-refractivity contribution in [3.8, 4) is 11.5 Å². The van der Waals surface area contributed by atoms with Crippen LogP contribution in [-0.4, -0.2) is 32.1 Å². The van der Waals surface area contributed by atoms with Crippen LogP contribution < -0.4 is 20.1 Å². The Morgan fingerprint density at radius 1 is 1.00 bits per heavy atom. The van der Waals surface area contributed by atoms with Gasteiger partial charge < -0.3 is 20.1 Å². The number of aryl methyl sites for hydroxylation is 1. The average molecular weight is 384 g/mol. The molecule has 2 N–H and O–H groups in total. The summed E-state index contributed by atoms with van der Waals surface area (Å²) in [6.45, 7) is 5.89. The van der Waals surface area contributed by atoms with Crippen molar-refractivity contribution in [2.75, 3.05) is 19.5 Å². The topological polar surface area (TPSA) is 76.7 Å². The molecule has 0 aliphatic heterocycles. The first-order valence-corrected chi connectivity index (χ1v) is 9.25. The molecular weight excluding hydrogens is 356 g/mol. The Morgan fingerprint density at radius 3 is 2.29 bits per heavy atom. The largest absolute Gasteiger partial charge is 0.493 e. The smallest absolute Gasteiger partial charge is 0.252 e. The molecule has 0 saturated carbocycles. The monoisotopic (exact) mass is 384 g/mol. The molecule has 28 heavy (non-hydrogen) atoms. The van der Waals surface area contributed by atoms with Crippen molar-refractivity contribution in [3.63, 3.8) is 0 Å². The molecule has 0 aromatic heterocycles. The van der Waals surface area contributed by atoms with Gasteiger partial charge in [0.25, 0.3) is 5.91 Å². The van der Waals surface area contributed by atoms with Crippen LogP contribution in [0.3, 0.4) is 0 Å². The number of carbonyl (C=O) groups is 2. The summed E-state index contributed by atoms with van der Waals surface area (Å²) in [6.07, 6.45) is 0.525. The second-order valence-corrected chi connectivity index (χ2v) is 7.03. The van der Waals surface area contributed by atoms with Crippen LogP contribution in [0, 0.1) is 12.8 Å². The lowest BCUT2D eigenvalue weighted by molar-refractivity contribution is -0.118. The van der Waals surface area contributed by atoms with E-state index in [0.29, 0.717) is 29.2 Å². The van der Waals surface area contributed by atoms with Crippen LogP contribution in [0.4, 0.5) is 5.69 Å². The van der Waals surface area contributed by atoms with E-state index in [1.54, 1.807) is 31.4 Å². The molecule has 2 amide bonds. The molecule has 6 nitrogen and oxygen atoms in total. The summed E-state index contributed by atoms with van der Waals surface area (Å²) < 4.78 is 10.5. The highest BCUT2D eigenvalue weighted by Gasteiger charge is 2.23. The molecular formula is C22H28N2O4. The first-order chi connectivity index (χ1) is 13.3. The van der Waals surface area contributed by atoms with Crippen molar-refractivity contribution in [2.45, 2.75) is 33.2 Å². The average Bonchev–Trinajstić information content (AvgIpc) is 2.67. The van der Waals surface area contributed by atoms with E-state index in [9.17, 15) is 9.59 Å². The van der Waals surface area contributed by atoms with Gasteiger partial charge in [0.2, 0.25) is 5.91 Å². The minimum atomic E-state index is -0.653. The quantitative estimate of drug-likeness (QED) is 0.726. The van der Waals surface area contributed by atoms with Gasteiger partial charge in [0.1, 0.15) is 6.04 Å². The van der Waals surface area contributed by atoms with Crippen LogP contribution in [0.5, 0.6) is 11.5 Å². The van der Waals surface area contributed by atoms with Gasteiger partial charge in [-0.05, 0) is 43.0 Å². The van der Waals surface area contributed by atoms with Gasteiger partial charge in [-0.15, -0.1) is 0 Å². The molecule has 0 saturated heterocycles. The minimum absolute atomic E-state index is 0.235. The first-order valence-electron chi connectivity index (χ1n) is 9.25. The second-order valence-electron chi connectivity index (χ2n) is 7.03. The fourth-order valence-electron chi connectivity index (χ4n) is 2.91. The van der Waals surface area contributed by atoms with E-state index in [-0.39, 0.29) is 17.7 Å². The van der Waals surface area contributed by atoms with Crippen molar-refractivity contribution >= 4 is 17.5 Å². The molecule has 0 heterocycles. The number of benzene rings is 2. The number of rotatable bonds is 8. The molecule has 0 aliphatic rings. The Hall–Kier alpha value is -3.02. The number of carbonyl (C=O) groups excluding carboxylic acids is 2. The molecule has 6 heteroatoms. The molecule has 2 rings (SSSR count). The van der Waals surface area contributed by atoms with Crippen molar-refractivity contribution in [1.82, 2.24) is 5.32 Å². The fourth-order valence-corrected chi connectivity index (χ4v) is 2.91. The SMILES string of the molecule is COc1ccc(NC(=O)C(CC(C)C)NC(=O)c2ccccc2C)cc1OC. The van der Waals surface area contributed by atoms with Gasteiger partial charge in [-0.2, -0.15) is 0 Å². The number of anilines is 1. The van der Waals surface area contributed by atoms with E-state index < -0.39 is 6.04 Å². The predicted octanol–water partition coefficient (Wildman–Crippen LogP) is 3.80. The lowest BCUT2D eigenvalue weighted by Crippen LogP contribution is -2.44. The number of amides is 2. The van der Waals surface area contributed by atoms with Crippen LogP contribution in [0.2, 0.25) is 0 Å². The van der Waals surface area contributed by atoms with E-state index in [1.807, 2.05) is 39.0 Å². The lowest BCUT2D eigenvalue weighted by atomic mass is 10.0. The third-order valence-electron chi connectivity index (χ3n) is 4.37. The summed E-state index contributed by atoms with van der Waals surface area (Å²) in [7, 11) is 3.09. The standard InChI is InChI=1S/C22H28N2O4/c1-14(2)12-18(24-21(25)17-9-7-6-8-15(17)3)22(26)23-16-10-11-19(27-4)20(13-16)28-5/h6-11,13-14,18H,12H2,1-5H3,(H,23,26)(H,24,25). The third kappa shape index (κ3) is 5.49. The van der Waals surface area contributed by atoms with Crippen molar-refractivity contribution in [1.29, 1.82) is 0 Å². The van der Waals surface area contributed by atoms with Crippen LogP contribution in [-0.2, 0) is 4.79 Å². The molecule has 0 aliphatic carbocycles. The number of methoxy groups -OCH3 is 2. The maximum absolute atomic E-state index is 12.9.